The highest BCUT2D eigenvalue weighted by Gasteiger charge is 2.34. The van der Waals surface area contributed by atoms with Gasteiger partial charge in [-0.15, -0.1) is 0 Å². The van der Waals surface area contributed by atoms with E-state index in [4.69, 9.17) is 0 Å². The Morgan fingerprint density at radius 3 is 2.17 bits per heavy atom. The molecule has 5 rings (SSSR count). The van der Waals surface area contributed by atoms with Gasteiger partial charge in [-0.2, -0.15) is 0 Å². The number of rotatable bonds is 3. The fraction of sp³-hybridized carbons (Fsp3) is 0.450. The van der Waals surface area contributed by atoms with Gasteiger partial charge in [0.05, 0.1) is 0 Å². The zero-order valence-corrected chi connectivity index (χ0v) is 14.5. The molecule has 0 unspecified atom stereocenters. The van der Waals surface area contributed by atoms with E-state index < -0.39 is 0 Å². The van der Waals surface area contributed by atoms with Crippen LogP contribution in [0.2, 0.25) is 0 Å². The standard InChI is InChI=1S/C20H25N3O/c1-14-3-4-15(2)23(14)18-7-5-17(6-8-18)20(24)21-19-13-22-11-9-16(19)10-12-22/h3-8,16,19H,9-13H2,1-2H3,(H,21,24)/t19-/m1/s1. The summed E-state index contributed by atoms with van der Waals surface area (Å²) in [7, 11) is 0. The number of piperidine rings is 3. The van der Waals surface area contributed by atoms with Crippen LogP contribution in [-0.4, -0.2) is 41.1 Å². The molecule has 1 aromatic heterocycles. The van der Waals surface area contributed by atoms with Gasteiger partial charge in [0, 0.05) is 35.2 Å². The minimum absolute atomic E-state index is 0.0567. The Morgan fingerprint density at radius 1 is 1.00 bits per heavy atom. The van der Waals surface area contributed by atoms with E-state index in [1.54, 1.807) is 0 Å². The molecule has 1 aromatic carbocycles. The van der Waals surface area contributed by atoms with Crippen molar-refractivity contribution in [2.75, 3.05) is 19.6 Å². The summed E-state index contributed by atoms with van der Waals surface area (Å²) in [6.07, 6.45) is 2.44. The van der Waals surface area contributed by atoms with Crippen molar-refractivity contribution in [3.63, 3.8) is 0 Å². The summed E-state index contributed by atoms with van der Waals surface area (Å²) in [6.45, 7) is 7.60. The van der Waals surface area contributed by atoms with E-state index in [1.807, 2.05) is 24.3 Å². The van der Waals surface area contributed by atoms with E-state index in [-0.39, 0.29) is 5.91 Å². The topological polar surface area (TPSA) is 37.3 Å². The van der Waals surface area contributed by atoms with Gasteiger partial charge in [-0.1, -0.05) is 0 Å². The van der Waals surface area contributed by atoms with Crippen LogP contribution in [-0.2, 0) is 0 Å². The minimum Gasteiger partial charge on any atom is -0.348 e. The lowest BCUT2D eigenvalue weighted by molar-refractivity contribution is 0.0620. The number of hydrogen-bond acceptors (Lipinski definition) is 2. The number of carbonyl (C=O) groups excluding carboxylic acids is 1. The van der Waals surface area contributed by atoms with E-state index in [9.17, 15) is 4.79 Å². The molecule has 3 saturated heterocycles. The number of nitrogens with zero attached hydrogens (tertiary/aromatic N) is 2. The highest BCUT2D eigenvalue weighted by Crippen LogP contribution is 2.27. The number of benzene rings is 1. The fourth-order valence-corrected chi connectivity index (χ4v) is 4.22. The Hall–Kier alpha value is -2.07. The first kappa shape index (κ1) is 15.5. The van der Waals surface area contributed by atoms with Crippen molar-refractivity contribution >= 4 is 5.91 Å². The lowest BCUT2D eigenvalue weighted by Crippen LogP contribution is -2.57. The van der Waals surface area contributed by atoms with Crippen LogP contribution in [0.4, 0.5) is 0 Å². The summed E-state index contributed by atoms with van der Waals surface area (Å²) in [5, 5.41) is 3.26. The maximum Gasteiger partial charge on any atom is 0.251 e. The first-order valence-corrected chi connectivity index (χ1v) is 8.90. The molecule has 3 aliphatic rings. The van der Waals surface area contributed by atoms with E-state index in [0.717, 1.165) is 17.8 Å². The van der Waals surface area contributed by atoms with Crippen LogP contribution < -0.4 is 5.32 Å². The van der Waals surface area contributed by atoms with Crippen molar-refractivity contribution < 1.29 is 4.79 Å². The first-order valence-electron chi connectivity index (χ1n) is 8.90. The van der Waals surface area contributed by atoms with Crippen molar-refractivity contribution in [3.8, 4) is 5.69 Å². The van der Waals surface area contributed by atoms with E-state index in [0.29, 0.717) is 12.0 Å². The lowest BCUT2D eigenvalue weighted by Gasteiger charge is -2.44. The molecular formula is C20H25N3O. The summed E-state index contributed by atoms with van der Waals surface area (Å²) in [6, 6.07) is 12.5. The van der Waals surface area contributed by atoms with E-state index in [1.165, 1.54) is 37.3 Å². The smallest absolute Gasteiger partial charge is 0.251 e. The summed E-state index contributed by atoms with van der Waals surface area (Å²) in [4.78, 5) is 15.0. The van der Waals surface area contributed by atoms with Gasteiger partial charge in [0.1, 0.15) is 0 Å². The Bertz CT molecular complexity index is 719. The average molecular weight is 323 g/mol. The molecule has 0 saturated carbocycles. The molecule has 1 amide bonds. The van der Waals surface area contributed by atoms with Gasteiger partial charge in [-0.25, -0.2) is 0 Å². The third-order valence-electron chi connectivity index (χ3n) is 5.63. The Balaban J connectivity index is 1.48. The molecule has 24 heavy (non-hydrogen) atoms. The first-order chi connectivity index (χ1) is 11.6. The van der Waals surface area contributed by atoms with Crippen LogP contribution in [0.1, 0.15) is 34.6 Å². The molecule has 3 fully saturated rings. The molecule has 1 atom stereocenters. The lowest BCUT2D eigenvalue weighted by atomic mass is 9.84. The third kappa shape index (κ3) is 2.75. The molecule has 2 aromatic rings. The summed E-state index contributed by atoms with van der Waals surface area (Å²) in [5.74, 6) is 0.713. The van der Waals surface area contributed by atoms with Crippen LogP contribution in [0.3, 0.4) is 0 Å². The number of amides is 1. The molecule has 2 bridgehead atoms. The molecular weight excluding hydrogens is 298 g/mol. The number of aryl methyl sites for hydroxylation is 2. The molecule has 1 N–H and O–H groups in total. The van der Waals surface area contributed by atoms with Gasteiger partial charge in [-0.05, 0) is 82.1 Å². The summed E-state index contributed by atoms with van der Waals surface area (Å²) < 4.78 is 2.20. The maximum atomic E-state index is 12.6. The van der Waals surface area contributed by atoms with Crippen LogP contribution in [0, 0.1) is 19.8 Å². The Kier molecular flexibility index (Phi) is 3.93. The average Bonchev–Trinajstić information content (AvgIpc) is 2.95. The highest BCUT2D eigenvalue weighted by atomic mass is 16.1. The second-order valence-electron chi connectivity index (χ2n) is 7.22. The summed E-state index contributed by atoms with van der Waals surface area (Å²) in [5.41, 5.74) is 4.26. The number of carbonyl (C=O) groups is 1. The third-order valence-corrected chi connectivity index (χ3v) is 5.63. The molecule has 0 spiro atoms. The molecule has 4 heterocycles. The van der Waals surface area contributed by atoms with Crippen LogP contribution in [0.15, 0.2) is 36.4 Å². The van der Waals surface area contributed by atoms with Crippen molar-refractivity contribution in [3.05, 3.63) is 53.3 Å². The van der Waals surface area contributed by atoms with Gasteiger partial charge >= 0.3 is 0 Å². The van der Waals surface area contributed by atoms with Gasteiger partial charge in [-0.3, -0.25) is 4.79 Å². The zero-order chi connectivity index (χ0) is 16.7. The molecule has 4 nitrogen and oxygen atoms in total. The molecule has 126 valence electrons. The van der Waals surface area contributed by atoms with Crippen molar-refractivity contribution in [2.24, 2.45) is 5.92 Å². The number of nitrogens with one attached hydrogen (secondary N) is 1. The normalized spacial score (nSPS) is 25.7. The monoisotopic (exact) mass is 323 g/mol. The molecule has 4 heteroatoms. The van der Waals surface area contributed by atoms with E-state index in [2.05, 4.69) is 40.8 Å². The molecule has 0 aliphatic carbocycles. The largest absolute Gasteiger partial charge is 0.348 e. The fourth-order valence-electron chi connectivity index (χ4n) is 4.22. The van der Waals surface area contributed by atoms with Crippen molar-refractivity contribution in [1.29, 1.82) is 0 Å². The predicted octanol–water partition coefficient (Wildman–Crippen LogP) is 2.92. The second kappa shape index (κ2) is 6.10. The molecule has 3 aliphatic heterocycles. The number of hydrogen-bond donors (Lipinski definition) is 1. The highest BCUT2D eigenvalue weighted by molar-refractivity contribution is 5.94. The van der Waals surface area contributed by atoms with E-state index >= 15 is 0 Å². The van der Waals surface area contributed by atoms with Gasteiger partial charge in [0.15, 0.2) is 0 Å². The quantitative estimate of drug-likeness (QED) is 0.943. The minimum atomic E-state index is 0.0567. The second-order valence-corrected chi connectivity index (χ2v) is 7.22. The summed E-state index contributed by atoms with van der Waals surface area (Å²) >= 11 is 0. The Labute approximate surface area is 143 Å². The zero-order valence-electron chi connectivity index (χ0n) is 14.5. The van der Waals surface area contributed by atoms with Gasteiger partial charge in [0.2, 0.25) is 0 Å². The number of fused-ring (bicyclic) bond motifs is 3. The van der Waals surface area contributed by atoms with Crippen LogP contribution in [0.25, 0.3) is 5.69 Å². The SMILES string of the molecule is Cc1ccc(C)n1-c1ccc(C(=O)N[C@@H]2CN3CCC2CC3)cc1. The van der Waals surface area contributed by atoms with Crippen molar-refractivity contribution in [1.82, 2.24) is 14.8 Å². The molecule has 0 radical (unpaired) electrons. The van der Waals surface area contributed by atoms with Crippen molar-refractivity contribution in [2.45, 2.75) is 32.7 Å². The Morgan fingerprint density at radius 2 is 1.62 bits per heavy atom. The van der Waals surface area contributed by atoms with Crippen LogP contribution >= 0.6 is 0 Å². The maximum absolute atomic E-state index is 12.6. The van der Waals surface area contributed by atoms with Gasteiger partial charge < -0.3 is 14.8 Å². The van der Waals surface area contributed by atoms with Gasteiger partial charge in [0.25, 0.3) is 5.91 Å². The number of aromatic nitrogens is 1. The van der Waals surface area contributed by atoms with Crippen LogP contribution in [0.5, 0.6) is 0 Å². The predicted molar refractivity (Wildman–Crippen MR) is 95.7 cm³/mol.